The van der Waals surface area contributed by atoms with Gasteiger partial charge >= 0.3 is 5.97 Å². The number of morpholine rings is 1. The van der Waals surface area contributed by atoms with Crippen molar-refractivity contribution >= 4 is 5.97 Å². The van der Waals surface area contributed by atoms with Crippen LogP contribution >= 0.6 is 0 Å². The molecule has 1 aliphatic heterocycles. The topological polar surface area (TPSA) is 53.0 Å². The van der Waals surface area contributed by atoms with Gasteiger partial charge in [-0.3, -0.25) is 14.6 Å². The highest BCUT2D eigenvalue weighted by atomic mass is 16.5. The zero-order chi connectivity index (χ0) is 15.9. The van der Waals surface area contributed by atoms with Crippen molar-refractivity contribution in [2.45, 2.75) is 25.5 Å². The number of carboxylic acid groups (broad SMARTS) is 1. The van der Waals surface area contributed by atoms with Crippen LogP contribution in [0.3, 0.4) is 0 Å². The number of benzene rings is 1. The van der Waals surface area contributed by atoms with Gasteiger partial charge in [-0.05, 0) is 19.0 Å². The molecule has 2 rings (SSSR count). The monoisotopic (exact) mass is 306 g/mol. The maximum Gasteiger partial charge on any atom is 0.317 e. The van der Waals surface area contributed by atoms with Gasteiger partial charge in [-0.15, -0.1) is 0 Å². The number of hydrogen-bond donors (Lipinski definition) is 1. The molecule has 0 radical (unpaired) electrons. The summed E-state index contributed by atoms with van der Waals surface area (Å²) < 4.78 is 5.81. The lowest BCUT2D eigenvalue weighted by atomic mass is 10.0. The fourth-order valence-corrected chi connectivity index (χ4v) is 3.16. The first-order valence-corrected chi connectivity index (χ1v) is 7.91. The molecule has 1 saturated heterocycles. The van der Waals surface area contributed by atoms with Crippen LogP contribution in [-0.4, -0.2) is 66.8 Å². The van der Waals surface area contributed by atoms with Crippen LogP contribution in [0.2, 0.25) is 0 Å². The van der Waals surface area contributed by atoms with Crippen LogP contribution in [0.1, 0.15) is 24.9 Å². The van der Waals surface area contributed by atoms with Crippen molar-refractivity contribution in [1.29, 1.82) is 0 Å². The lowest BCUT2D eigenvalue weighted by molar-refractivity contribution is -0.138. The number of carbonyl (C=O) groups is 1. The van der Waals surface area contributed by atoms with Crippen molar-refractivity contribution in [3.8, 4) is 0 Å². The maximum atomic E-state index is 10.8. The van der Waals surface area contributed by atoms with E-state index < -0.39 is 5.97 Å². The minimum Gasteiger partial charge on any atom is -0.480 e. The third-order valence-electron chi connectivity index (χ3n) is 4.10. The molecule has 22 heavy (non-hydrogen) atoms. The van der Waals surface area contributed by atoms with Crippen LogP contribution < -0.4 is 0 Å². The minimum absolute atomic E-state index is 0.0513. The van der Waals surface area contributed by atoms with Gasteiger partial charge in [0.05, 0.1) is 19.3 Å². The maximum absolute atomic E-state index is 10.8. The molecule has 0 aliphatic carbocycles. The summed E-state index contributed by atoms with van der Waals surface area (Å²) in [5, 5.41) is 8.85. The summed E-state index contributed by atoms with van der Waals surface area (Å²) in [5.74, 6) is -0.800. The molecule has 122 valence electrons. The molecular formula is C17H26N2O3. The van der Waals surface area contributed by atoms with Crippen LogP contribution in [0.25, 0.3) is 0 Å². The summed E-state index contributed by atoms with van der Waals surface area (Å²) >= 11 is 0. The Morgan fingerprint density at radius 1 is 1.45 bits per heavy atom. The van der Waals surface area contributed by atoms with E-state index in [4.69, 9.17) is 9.84 Å². The lowest BCUT2D eigenvalue weighted by Crippen LogP contribution is -2.48. The molecule has 0 saturated carbocycles. The molecule has 0 amide bonds. The molecule has 0 bridgehead atoms. The average molecular weight is 306 g/mol. The van der Waals surface area contributed by atoms with E-state index in [1.165, 1.54) is 5.56 Å². The predicted octanol–water partition coefficient (Wildman–Crippen LogP) is 1.85. The van der Waals surface area contributed by atoms with E-state index in [9.17, 15) is 4.79 Å². The van der Waals surface area contributed by atoms with Gasteiger partial charge in [0.15, 0.2) is 0 Å². The molecule has 2 unspecified atom stereocenters. The zero-order valence-electron chi connectivity index (χ0n) is 13.4. The summed E-state index contributed by atoms with van der Waals surface area (Å²) in [7, 11) is 1.82. The highest BCUT2D eigenvalue weighted by molar-refractivity contribution is 5.69. The Morgan fingerprint density at radius 3 is 2.82 bits per heavy atom. The smallest absolute Gasteiger partial charge is 0.317 e. The van der Waals surface area contributed by atoms with Gasteiger partial charge in [0.25, 0.3) is 0 Å². The molecule has 5 heteroatoms. The highest BCUT2D eigenvalue weighted by Crippen LogP contribution is 2.26. The first-order chi connectivity index (χ1) is 10.6. The van der Waals surface area contributed by atoms with E-state index in [1.54, 1.807) is 4.90 Å². The Hall–Kier alpha value is -1.43. The van der Waals surface area contributed by atoms with Gasteiger partial charge in [-0.1, -0.05) is 37.3 Å². The van der Waals surface area contributed by atoms with Gasteiger partial charge in [-0.25, -0.2) is 0 Å². The third kappa shape index (κ3) is 4.80. The van der Waals surface area contributed by atoms with Crippen LogP contribution in [0.5, 0.6) is 0 Å². The molecule has 1 aromatic carbocycles. The Labute approximate surface area is 132 Å². The SMILES string of the molecule is CCC(c1ccccc1)N1CCOC(CN(C)CC(=O)O)C1. The second-order valence-corrected chi connectivity index (χ2v) is 5.91. The Morgan fingerprint density at radius 2 is 2.18 bits per heavy atom. The van der Waals surface area contributed by atoms with Crippen molar-refractivity contribution in [2.24, 2.45) is 0 Å². The van der Waals surface area contributed by atoms with Crippen molar-refractivity contribution in [1.82, 2.24) is 9.80 Å². The van der Waals surface area contributed by atoms with Gasteiger partial charge in [-0.2, -0.15) is 0 Å². The summed E-state index contributed by atoms with van der Waals surface area (Å²) in [6.45, 7) is 5.38. The van der Waals surface area contributed by atoms with Gasteiger partial charge < -0.3 is 9.84 Å². The Bertz CT molecular complexity index is 466. The van der Waals surface area contributed by atoms with E-state index in [1.807, 2.05) is 13.1 Å². The van der Waals surface area contributed by atoms with Crippen LogP contribution in [-0.2, 0) is 9.53 Å². The number of carboxylic acids is 1. The number of rotatable bonds is 7. The normalized spacial score (nSPS) is 21.0. The van der Waals surface area contributed by atoms with E-state index in [0.717, 1.165) is 19.5 Å². The number of aliphatic carboxylic acids is 1. The molecule has 0 spiro atoms. The van der Waals surface area contributed by atoms with Crippen molar-refractivity contribution in [3.05, 3.63) is 35.9 Å². The molecule has 1 heterocycles. The minimum atomic E-state index is -0.800. The lowest BCUT2D eigenvalue weighted by Gasteiger charge is -2.39. The quantitative estimate of drug-likeness (QED) is 0.833. The fraction of sp³-hybridized carbons (Fsp3) is 0.588. The van der Waals surface area contributed by atoms with Crippen LogP contribution in [0.4, 0.5) is 0 Å². The molecule has 2 atom stereocenters. The second kappa shape index (κ2) is 8.27. The molecule has 1 N–H and O–H groups in total. The molecule has 5 nitrogen and oxygen atoms in total. The Kier molecular flexibility index (Phi) is 6.36. The van der Waals surface area contributed by atoms with Crippen molar-refractivity contribution in [3.63, 3.8) is 0 Å². The zero-order valence-corrected chi connectivity index (χ0v) is 13.4. The van der Waals surface area contributed by atoms with Gasteiger partial charge in [0.1, 0.15) is 0 Å². The standard InChI is InChI=1S/C17H26N2O3/c1-3-16(14-7-5-4-6-8-14)19-9-10-22-15(12-19)11-18(2)13-17(20)21/h4-8,15-16H,3,9-13H2,1-2H3,(H,20,21). The molecule has 1 aliphatic rings. The molecule has 1 fully saturated rings. The number of nitrogens with zero attached hydrogens (tertiary/aromatic N) is 2. The summed E-state index contributed by atoms with van der Waals surface area (Å²) in [6, 6.07) is 11.0. The van der Waals surface area contributed by atoms with Gasteiger partial charge in [0.2, 0.25) is 0 Å². The Balaban J connectivity index is 1.95. The molecule has 1 aromatic rings. The summed E-state index contributed by atoms with van der Waals surface area (Å²) in [5.41, 5.74) is 1.34. The number of hydrogen-bond acceptors (Lipinski definition) is 4. The molecular weight excluding hydrogens is 280 g/mol. The van der Waals surface area contributed by atoms with Gasteiger partial charge in [0, 0.05) is 25.7 Å². The fourth-order valence-electron chi connectivity index (χ4n) is 3.16. The largest absolute Gasteiger partial charge is 0.480 e. The first kappa shape index (κ1) is 16.9. The highest BCUT2D eigenvalue weighted by Gasteiger charge is 2.27. The number of ether oxygens (including phenoxy) is 1. The van der Waals surface area contributed by atoms with E-state index in [0.29, 0.717) is 19.2 Å². The van der Waals surface area contributed by atoms with Crippen LogP contribution in [0, 0.1) is 0 Å². The predicted molar refractivity (Wildman–Crippen MR) is 85.9 cm³/mol. The first-order valence-electron chi connectivity index (χ1n) is 7.91. The molecule has 0 aromatic heterocycles. The van der Waals surface area contributed by atoms with Crippen LogP contribution in [0.15, 0.2) is 30.3 Å². The van der Waals surface area contributed by atoms with Crippen molar-refractivity contribution in [2.75, 3.05) is 39.8 Å². The van der Waals surface area contributed by atoms with E-state index in [2.05, 4.69) is 36.1 Å². The average Bonchev–Trinajstić information content (AvgIpc) is 2.48. The van der Waals surface area contributed by atoms with E-state index >= 15 is 0 Å². The summed E-state index contributed by atoms with van der Waals surface area (Å²) in [6.07, 6.45) is 1.12. The third-order valence-corrected chi connectivity index (χ3v) is 4.10. The number of likely N-dealkylation sites (N-methyl/N-ethyl adjacent to an activating group) is 1. The van der Waals surface area contributed by atoms with E-state index in [-0.39, 0.29) is 12.6 Å². The summed E-state index contributed by atoms with van der Waals surface area (Å²) in [4.78, 5) is 15.0. The van der Waals surface area contributed by atoms with Crippen molar-refractivity contribution < 1.29 is 14.6 Å². The second-order valence-electron chi connectivity index (χ2n) is 5.91.